The summed E-state index contributed by atoms with van der Waals surface area (Å²) in [6.45, 7) is 0. The Morgan fingerprint density at radius 2 is 2.14 bits per heavy atom. The zero-order valence-corrected chi connectivity index (χ0v) is 7.27. The molecule has 0 aliphatic carbocycles. The summed E-state index contributed by atoms with van der Waals surface area (Å²) in [6.07, 6.45) is 1.33. The molecule has 4 heteroatoms. The molecule has 0 bridgehead atoms. The van der Waals surface area contributed by atoms with E-state index in [0.717, 1.165) is 10.9 Å². The monoisotopic (exact) mass is 183 g/mol. The number of carboxylic acids is 1. The van der Waals surface area contributed by atoms with E-state index in [2.05, 4.69) is 4.98 Å². The predicted octanol–water partition coefficient (Wildman–Crippen LogP) is 0.727. The van der Waals surface area contributed by atoms with Crippen LogP contribution in [-0.2, 0) is 0 Å². The van der Waals surface area contributed by atoms with Gasteiger partial charge in [-0.2, -0.15) is 0 Å². The molecular weight excluding hydrogens is 177 g/mol. The minimum atomic E-state index is -0.984. The Kier molecular flexibility index (Phi) is 1.96. The maximum absolute atomic E-state index is 10.7. The molecule has 1 heterocycles. The zero-order valence-electron chi connectivity index (χ0n) is 7.27. The molecule has 1 aromatic heterocycles. The Morgan fingerprint density at radius 1 is 1.36 bits per heavy atom. The molecule has 2 radical (unpaired) electrons. The fraction of sp³-hybridized carbons (Fsp3) is 0. The van der Waals surface area contributed by atoms with Crippen molar-refractivity contribution in [3.8, 4) is 0 Å². The molecule has 0 saturated carbocycles. The number of carboxylic acid groups (broad SMARTS) is 1. The molecule has 0 saturated heterocycles. The molecule has 1 N–H and O–H groups in total. The first-order valence-corrected chi connectivity index (χ1v) is 4.05. The van der Waals surface area contributed by atoms with Crippen LogP contribution in [0.15, 0.2) is 30.5 Å². The number of hydrogen-bond donors (Lipinski definition) is 1. The maximum Gasteiger partial charge on any atom is 0.337 e. The first kappa shape index (κ1) is 8.75. The van der Waals surface area contributed by atoms with Crippen LogP contribution < -0.4 is 5.46 Å². The van der Waals surface area contributed by atoms with Gasteiger partial charge in [-0.25, -0.2) is 4.79 Å². The molecule has 0 amide bonds. The molecule has 66 valence electrons. The van der Waals surface area contributed by atoms with Gasteiger partial charge >= 0.3 is 5.97 Å². The van der Waals surface area contributed by atoms with Crippen molar-refractivity contribution in [1.29, 1.82) is 0 Å². The first-order valence-electron chi connectivity index (χ1n) is 4.05. The van der Waals surface area contributed by atoms with Gasteiger partial charge in [0.15, 0.2) is 0 Å². The number of aromatic nitrogens is 1. The minimum absolute atomic E-state index is 0.170. The fourth-order valence-corrected chi connectivity index (χ4v) is 1.27. The van der Waals surface area contributed by atoms with Crippen molar-refractivity contribution in [2.24, 2.45) is 0 Å². The fourth-order valence-electron chi connectivity index (χ4n) is 1.27. The van der Waals surface area contributed by atoms with E-state index in [1.54, 1.807) is 24.3 Å². The van der Waals surface area contributed by atoms with E-state index < -0.39 is 5.97 Å². The Hall–Kier alpha value is -1.84. The Balaban J connectivity index is 2.69. The molecule has 0 spiro atoms. The van der Waals surface area contributed by atoms with Crippen molar-refractivity contribution >= 4 is 30.2 Å². The highest BCUT2D eigenvalue weighted by Gasteiger charge is 2.03. The van der Waals surface area contributed by atoms with Crippen LogP contribution in [0, 0.1) is 0 Å². The van der Waals surface area contributed by atoms with Crippen LogP contribution in [0.25, 0.3) is 10.9 Å². The van der Waals surface area contributed by atoms with Gasteiger partial charge in [-0.3, -0.25) is 4.98 Å². The number of pyridine rings is 1. The van der Waals surface area contributed by atoms with Crippen molar-refractivity contribution in [2.75, 3.05) is 0 Å². The van der Waals surface area contributed by atoms with E-state index in [-0.39, 0.29) is 5.56 Å². The van der Waals surface area contributed by atoms with E-state index in [1.165, 1.54) is 6.20 Å². The second kappa shape index (κ2) is 3.14. The van der Waals surface area contributed by atoms with E-state index in [4.69, 9.17) is 13.0 Å². The SMILES string of the molecule is [B]c1ccc2ncc(C(=O)O)cc2c1. The number of hydrogen-bond acceptors (Lipinski definition) is 2. The minimum Gasteiger partial charge on any atom is -0.478 e. The average molecular weight is 183 g/mol. The Bertz CT molecular complexity index is 510. The van der Waals surface area contributed by atoms with Crippen LogP contribution in [-0.4, -0.2) is 23.9 Å². The van der Waals surface area contributed by atoms with Gasteiger partial charge in [0.05, 0.1) is 11.1 Å². The normalized spacial score (nSPS) is 10.3. The number of nitrogens with zero attached hydrogens (tertiary/aromatic N) is 1. The molecular formula is C10H6BNO2. The third kappa shape index (κ3) is 1.46. The lowest BCUT2D eigenvalue weighted by atomic mass is 9.94. The van der Waals surface area contributed by atoms with Crippen LogP contribution in [0.2, 0.25) is 0 Å². The van der Waals surface area contributed by atoms with Gasteiger partial charge in [0.25, 0.3) is 0 Å². The van der Waals surface area contributed by atoms with Crippen molar-refractivity contribution in [1.82, 2.24) is 4.98 Å². The van der Waals surface area contributed by atoms with E-state index in [9.17, 15) is 4.79 Å². The van der Waals surface area contributed by atoms with E-state index in [0.29, 0.717) is 5.46 Å². The average Bonchev–Trinajstić information content (AvgIpc) is 2.16. The summed E-state index contributed by atoms with van der Waals surface area (Å²) in [4.78, 5) is 14.7. The molecule has 3 nitrogen and oxygen atoms in total. The molecule has 14 heavy (non-hydrogen) atoms. The second-order valence-electron chi connectivity index (χ2n) is 2.98. The van der Waals surface area contributed by atoms with Crippen molar-refractivity contribution in [3.63, 3.8) is 0 Å². The van der Waals surface area contributed by atoms with Crippen molar-refractivity contribution < 1.29 is 9.90 Å². The molecule has 2 aromatic rings. The standard InChI is InChI=1S/C10H6BNO2/c11-8-1-2-9-6(4-8)3-7(5-12-9)10(13)14/h1-5H,(H,13,14). The summed E-state index contributed by atoms with van der Waals surface area (Å²) in [5.74, 6) is -0.984. The van der Waals surface area contributed by atoms with Crippen LogP contribution in [0.4, 0.5) is 0 Å². The number of fused-ring (bicyclic) bond motifs is 1. The van der Waals surface area contributed by atoms with Gasteiger partial charge in [-0.05, 0) is 12.1 Å². The quantitative estimate of drug-likeness (QED) is 0.662. The molecule has 0 aliphatic heterocycles. The third-order valence-electron chi connectivity index (χ3n) is 1.95. The highest BCUT2D eigenvalue weighted by Crippen LogP contribution is 2.11. The highest BCUT2D eigenvalue weighted by molar-refractivity contribution is 6.33. The van der Waals surface area contributed by atoms with E-state index >= 15 is 0 Å². The summed E-state index contributed by atoms with van der Waals surface area (Å²) in [5, 5.41) is 9.48. The summed E-state index contributed by atoms with van der Waals surface area (Å²) in [7, 11) is 5.57. The van der Waals surface area contributed by atoms with Gasteiger partial charge in [-0.15, -0.1) is 0 Å². The largest absolute Gasteiger partial charge is 0.478 e. The second-order valence-corrected chi connectivity index (χ2v) is 2.98. The molecule has 0 unspecified atom stereocenters. The predicted molar refractivity (Wildman–Crippen MR) is 54.1 cm³/mol. The Labute approximate surface area is 81.8 Å². The van der Waals surface area contributed by atoms with Gasteiger partial charge in [0.2, 0.25) is 0 Å². The summed E-state index contributed by atoms with van der Waals surface area (Å²) in [6, 6.07) is 6.75. The number of benzene rings is 1. The molecule has 2 rings (SSSR count). The van der Waals surface area contributed by atoms with Crippen LogP contribution >= 0.6 is 0 Å². The van der Waals surface area contributed by atoms with Gasteiger partial charge in [0.1, 0.15) is 7.85 Å². The molecule has 0 atom stereocenters. The lowest BCUT2D eigenvalue weighted by Gasteiger charge is -2.00. The van der Waals surface area contributed by atoms with Crippen molar-refractivity contribution in [3.05, 3.63) is 36.0 Å². The summed E-state index contributed by atoms with van der Waals surface area (Å²) < 4.78 is 0. The highest BCUT2D eigenvalue weighted by atomic mass is 16.4. The van der Waals surface area contributed by atoms with Crippen LogP contribution in [0.5, 0.6) is 0 Å². The lowest BCUT2D eigenvalue weighted by molar-refractivity contribution is 0.0696. The number of carbonyl (C=O) groups is 1. The van der Waals surface area contributed by atoms with Gasteiger partial charge in [-0.1, -0.05) is 17.6 Å². The van der Waals surface area contributed by atoms with E-state index in [1.807, 2.05) is 0 Å². The van der Waals surface area contributed by atoms with Crippen LogP contribution in [0.3, 0.4) is 0 Å². The molecule has 1 aromatic carbocycles. The summed E-state index contributed by atoms with van der Waals surface area (Å²) in [5.41, 5.74) is 1.51. The maximum atomic E-state index is 10.7. The number of rotatable bonds is 1. The Morgan fingerprint density at radius 3 is 2.86 bits per heavy atom. The number of aromatic carboxylic acids is 1. The van der Waals surface area contributed by atoms with Crippen molar-refractivity contribution in [2.45, 2.75) is 0 Å². The molecule has 0 aliphatic rings. The van der Waals surface area contributed by atoms with Gasteiger partial charge in [0, 0.05) is 11.6 Å². The van der Waals surface area contributed by atoms with Gasteiger partial charge < -0.3 is 5.11 Å². The first-order chi connectivity index (χ1) is 6.66. The van der Waals surface area contributed by atoms with Crippen LogP contribution in [0.1, 0.15) is 10.4 Å². The third-order valence-corrected chi connectivity index (χ3v) is 1.95. The topological polar surface area (TPSA) is 50.2 Å². The molecule has 0 fully saturated rings. The zero-order chi connectivity index (χ0) is 10.1. The lowest BCUT2D eigenvalue weighted by Crippen LogP contribution is -2.02. The summed E-state index contributed by atoms with van der Waals surface area (Å²) >= 11 is 0. The smallest absolute Gasteiger partial charge is 0.337 e.